The summed E-state index contributed by atoms with van der Waals surface area (Å²) in [6.45, 7) is 6.29. The van der Waals surface area contributed by atoms with Crippen LogP contribution < -0.4 is 5.73 Å². The minimum absolute atomic E-state index is 0.343. The average molecular weight is 262 g/mol. The Hall–Kier alpha value is -1.49. The summed E-state index contributed by atoms with van der Waals surface area (Å²) in [5.74, 6) is 1.83. The molecule has 0 spiro atoms. The first-order chi connectivity index (χ1) is 8.58. The van der Waals surface area contributed by atoms with Gasteiger partial charge in [0.2, 0.25) is 0 Å². The second-order valence-electron chi connectivity index (χ2n) is 4.53. The fourth-order valence-electron chi connectivity index (χ4n) is 1.79. The molecule has 1 aromatic carbocycles. The van der Waals surface area contributed by atoms with Crippen molar-refractivity contribution in [2.24, 2.45) is 0 Å². The van der Waals surface area contributed by atoms with E-state index in [0.29, 0.717) is 6.04 Å². The van der Waals surface area contributed by atoms with Gasteiger partial charge < -0.3 is 5.73 Å². The third-order valence-corrected chi connectivity index (χ3v) is 3.86. The number of rotatable bonds is 4. The summed E-state index contributed by atoms with van der Waals surface area (Å²) >= 11 is 1.77. The summed E-state index contributed by atoms with van der Waals surface area (Å²) in [4.78, 5) is 5.54. The number of nitrogens with zero attached hydrogens (tertiary/aromatic N) is 3. The molecule has 2 N–H and O–H groups in total. The molecule has 4 nitrogen and oxygen atoms in total. The van der Waals surface area contributed by atoms with Gasteiger partial charge in [-0.15, -0.1) is 11.8 Å². The minimum atomic E-state index is 0.343. The van der Waals surface area contributed by atoms with Crippen LogP contribution in [0.4, 0.5) is 5.69 Å². The lowest BCUT2D eigenvalue weighted by molar-refractivity contribution is 0.514. The number of anilines is 1. The topological polar surface area (TPSA) is 56.7 Å². The number of aryl methyl sites for hydroxylation is 1. The van der Waals surface area contributed by atoms with E-state index in [1.807, 2.05) is 16.8 Å². The first-order valence-electron chi connectivity index (χ1n) is 5.95. The van der Waals surface area contributed by atoms with Gasteiger partial charge >= 0.3 is 0 Å². The summed E-state index contributed by atoms with van der Waals surface area (Å²) in [6, 6.07) is 6.33. The third kappa shape index (κ3) is 2.85. The van der Waals surface area contributed by atoms with Crippen LogP contribution in [-0.4, -0.2) is 14.8 Å². The number of nitrogens with two attached hydrogens (primary N) is 1. The lowest BCUT2D eigenvalue weighted by Crippen LogP contribution is -2.07. The highest BCUT2D eigenvalue weighted by molar-refractivity contribution is 7.98. The lowest BCUT2D eigenvalue weighted by atomic mass is 10.2. The number of benzene rings is 1. The van der Waals surface area contributed by atoms with Crippen molar-refractivity contribution in [1.29, 1.82) is 0 Å². The number of hydrogen-bond donors (Lipinski definition) is 1. The van der Waals surface area contributed by atoms with Gasteiger partial charge in [-0.2, -0.15) is 5.10 Å². The molecular formula is C13H18N4S. The van der Waals surface area contributed by atoms with E-state index in [9.17, 15) is 0 Å². The van der Waals surface area contributed by atoms with Crippen molar-refractivity contribution < 1.29 is 0 Å². The summed E-state index contributed by atoms with van der Waals surface area (Å²) in [6.07, 6.45) is 1.62. The highest BCUT2D eigenvalue weighted by Gasteiger charge is 2.08. The molecule has 0 aliphatic rings. The molecule has 0 aliphatic carbocycles. The summed E-state index contributed by atoms with van der Waals surface area (Å²) in [5.41, 5.74) is 7.76. The van der Waals surface area contributed by atoms with Crippen molar-refractivity contribution in [3.05, 3.63) is 35.9 Å². The van der Waals surface area contributed by atoms with Crippen LogP contribution in [0, 0.1) is 6.92 Å². The van der Waals surface area contributed by atoms with E-state index in [-0.39, 0.29) is 0 Å². The van der Waals surface area contributed by atoms with E-state index in [1.165, 1.54) is 10.5 Å². The molecule has 0 radical (unpaired) electrons. The van der Waals surface area contributed by atoms with Crippen LogP contribution >= 0.6 is 11.8 Å². The molecule has 0 amide bonds. The SMILES string of the molecule is Cc1cc(N)ccc1SCc1ncnn1C(C)C. The molecule has 1 heterocycles. The van der Waals surface area contributed by atoms with E-state index in [4.69, 9.17) is 5.73 Å². The molecule has 0 bridgehead atoms. The summed E-state index contributed by atoms with van der Waals surface area (Å²) < 4.78 is 1.96. The fraction of sp³-hybridized carbons (Fsp3) is 0.385. The van der Waals surface area contributed by atoms with Crippen molar-refractivity contribution >= 4 is 17.4 Å². The number of hydrogen-bond acceptors (Lipinski definition) is 4. The van der Waals surface area contributed by atoms with E-state index >= 15 is 0 Å². The predicted molar refractivity (Wildman–Crippen MR) is 75.6 cm³/mol. The van der Waals surface area contributed by atoms with Crippen molar-refractivity contribution in [3.63, 3.8) is 0 Å². The Kier molecular flexibility index (Phi) is 3.91. The van der Waals surface area contributed by atoms with E-state index in [2.05, 4.69) is 36.9 Å². The van der Waals surface area contributed by atoms with Gasteiger partial charge in [0, 0.05) is 16.6 Å². The maximum Gasteiger partial charge on any atom is 0.138 e. The van der Waals surface area contributed by atoms with Gasteiger partial charge in [0.1, 0.15) is 12.2 Å². The minimum Gasteiger partial charge on any atom is -0.399 e. The predicted octanol–water partition coefficient (Wildman–Crippen LogP) is 3.04. The Morgan fingerprint density at radius 2 is 2.17 bits per heavy atom. The van der Waals surface area contributed by atoms with E-state index in [1.54, 1.807) is 18.1 Å². The van der Waals surface area contributed by atoms with Crippen LogP contribution in [-0.2, 0) is 5.75 Å². The summed E-state index contributed by atoms with van der Waals surface area (Å²) in [7, 11) is 0. The molecular weight excluding hydrogens is 244 g/mol. The van der Waals surface area contributed by atoms with Crippen LogP contribution in [0.5, 0.6) is 0 Å². The lowest BCUT2D eigenvalue weighted by Gasteiger charge is -2.10. The molecule has 0 unspecified atom stereocenters. The second kappa shape index (κ2) is 5.44. The van der Waals surface area contributed by atoms with Crippen molar-refractivity contribution in [2.45, 2.75) is 37.5 Å². The van der Waals surface area contributed by atoms with Gasteiger partial charge in [0.25, 0.3) is 0 Å². The smallest absolute Gasteiger partial charge is 0.138 e. The molecule has 0 atom stereocenters. The Morgan fingerprint density at radius 3 is 2.83 bits per heavy atom. The quantitative estimate of drug-likeness (QED) is 0.679. The zero-order valence-corrected chi connectivity index (χ0v) is 11.7. The van der Waals surface area contributed by atoms with Gasteiger partial charge in [-0.1, -0.05) is 0 Å². The number of aromatic nitrogens is 3. The first-order valence-corrected chi connectivity index (χ1v) is 6.94. The van der Waals surface area contributed by atoms with Gasteiger partial charge in [-0.05, 0) is 44.5 Å². The van der Waals surface area contributed by atoms with Crippen molar-refractivity contribution in [3.8, 4) is 0 Å². The van der Waals surface area contributed by atoms with Crippen molar-refractivity contribution in [2.75, 3.05) is 5.73 Å². The van der Waals surface area contributed by atoms with Crippen LogP contribution in [0.1, 0.15) is 31.3 Å². The molecule has 96 valence electrons. The highest BCUT2D eigenvalue weighted by atomic mass is 32.2. The van der Waals surface area contributed by atoms with Gasteiger partial charge in [-0.3, -0.25) is 0 Å². The molecule has 2 aromatic rings. The summed E-state index contributed by atoms with van der Waals surface area (Å²) in [5, 5.41) is 4.24. The van der Waals surface area contributed by atoms with Crippen molar-refractivity contribution in [1.82, 2.24) is 14.8 Å². The molecule has 0 fully saturated rings. The number of nitrogen functional groups attached to an aromatic ring is 1. The van der Waals surface area contributed by atoms with E-state index in [0.717, 1.165) is 17.3 Å². The Balaban J connectivity index is 2.09. The second-order valence-corrected chi connectivity index (χ2v) is 5.55. The maximum absolute atomic E-state index is 5.75. The van der Waals surface area contributed by atoms with Gasteiger partial charge in [-0.25, -0.2) is 9.67 Å². The molecule has 0 saturated carbocycles. The third-order valence-electron chi connectivity index (χ3n) is 2.69. The maximum atomic E-state index is 5.75. The molecule has 0 saturated heterocycles. The standard InChI is InChI=1S/C13H18N4S/c1-9(2)17-13(15-8-16-17)7-18-12-5-4-11(14)6-10(12)3/h4-6,8-9H,7,14H2,1-3H3. The molecule has 18 heavy (non-hydrogen) atoms. The molecule has 1 aromatic heterocycles. The first kappa shape index (κ1) is 13.0. The van der Waals surface area contributed by atoms with Crippen LogP contribution in [0.2, 0.25) is 0 Å². The Bertz CT molecular complexity index is 534. The fourth-order valence-corrected chi connectivity index (χ4v) is 2.73. The zero-order chi connectivity index (χ0) is 13.1. The normalized spacial score (nSPS) is 11.1. The largest absolute Gasteiger partial charge is 0.399 e. The van der Waals surface area contributed by atoms with Crippen LogP contribution in [0.15, 0.2) is 29.4 Å². The van der Waals surface area contributed by atoms with E-state index < -0.39 is 0 Å². The monoisotopic (exact) mass is 262 g/mol. The zero-order valence-electron chi connectivity index (χ0n) is 10.9. The highest BCUT2D eigenvalue weighted by Crippen LogP contribution is 2.27. The molecule has 0 aliphatic heterocycles. The molecule has 2 rings (SSSR count). The van der Waals surface area contributed by atoms with Gasteiger partial charge in [0.15, 0.2) is 0 Å². The van der Waals surface area contributed by atoms with Crippen LogP contribution in [0.25, 0.3) is 0 Å². The Morgan fingerprint density at radius 1 is 1.39 bits per heavy atom. The number of thioether (sulfide) groups is 1. The average Bonchev–Trinajstić information content (AvgIpc) is 2.76. The molecule has 5 heteroatoms. The Labute approximate surface area is 112 Å². The van der Waals surface area contributed by atoms with Gasteiger partial charge in [0.05, 0.1) is 5.75 Å². The van der Waals surface area contributed by atoms with Crippen LogP contribution in [0.3, 0.4) is 0 Å².